The number of hydrogen-bond acceptors (Lipinski definition) is 6. The maximum atomic E-state index is 12.6. The van der Waals surface area contributed by atoms with E-state index in [1.54, 1.807) is 7.11 Å². The summed E-state index contributed by atoms with van der Waals surface area (Å²) >= 11 is 1.33. The van der Waals surface area contributed by atoms with Gasteiger partial charge in [-0.15, -0.1) is 0 Å². The van der Waals surface area contributed by atoms with Crippen molar-refractivity contribution in [2.45, 2.75) is 25.4 Å². The van der Waals surface area contributed by atoms with Gasteiger partial charge in [-0.25, -0.2) is 4.98 Å². The van der Waals surface area contributed by atoms with Gasteiger partial charge in [-0.1, -0.05) is 11.3 Å². The van der Waals surface area contributed by atoms with E-state index in [0.29, 0.717) is 17.2 Å². The van der Waals surface area contributed by atoms with Crippen LogP contribution in [0.5, 0.6) is 0 Å². The van der Waals surface area contributed by atoms with E-state index in [0.717, 1.165) is 24.5 Å². The zero-order valence-electron chi connectivity index (χ0n) is 12.5. The fourth-order valence-electron chi connectivity index (χ4n) is 2.35. The molecule has 1 fully saturated rings. The number of thiazole rings is 1. The average molecular weight is 298 g/mol. The van der Waals surface area contributed by atoms with Gasteiger partial charge in [0.05, 0.1) is 5.60 Å². The highest BCUT2D eigenvalue weighted by Gasteiger charge is 2.34. The molecule has 2 rings (SSSR count). The minimum Gasteiger partial charge on any atom is -0.382 e. The highest BCUT2D eigenvalue weighted by Crippen LogP contribution is 2.30. The third-order valence-corrected chi connectivity index (χ3v) is 4.88. The molecule has 1 aliphatic heterocycles. The van der Waals surface area contributed by atoms with Gasteiger partial charge in [0.1, 0.15) is 10.7 Å². The summed E-state index contributed by atoms with van der Waals surface area (Å²) in [7, 11) is 5.46. The van der Waals surface area contributed by atoms with Crippen molar-refractivity contribution in [1.82, 2.24) is 9.88 Å². The molecule has 0 spiro atoms. The van der Waals surface area contributed by atoms with Crippen LogP contribution in [0.15, 0.2) is 0 Å². The molecule has 0 saturated carbocycles. The van der Waals surface area contributed by atoms with Crippen molar-refractivity contribution >= 4 is 28.2 Å². The second kappa shape index (κ2) is 5.57. The average Bonchev–Trinajstić information content (AvgIpc) is 2.80. The molecule has 1 amide bonds. The molecule has 112 valence electrons. The van der Waals surface area contributed by atoms with Gasteiger partial charge >= 0.3 is 0 Å². The van der Waals surface area contributed by atoms with Crippen LogP contribution >= 0.6 is 11.3 Å². The molecule has 2 heterocycles. The predicted molar refractivity (Wildman–Crippen MR) is 81.4 cm³/mol. The van der Waals surface area contributed by atoms with Gasteiger partial charge in [-0.3, -0.25) is 4.79 Å². The first kappa shape index (κ1) is 15.1. The largest absolute Gasteiger partial charge is 0.382 e. The number of aromatic nitrogens is 1. The Hall–Kier alpha value is -1.34. The van der Waals surface area contributed by atoms with E-state index in [9.17, 15) is 4.79 Å². The Labute approximate surface area is 123 Å². The van der Waals surface area contributed by atoms with E-state index in [1.165, 1.54) is 11.3 Å². The van der Waals surface area contributed by atoms with E-state index in [2.05, 4.69) is 4.98 Å². The molecule has 1 atom stereocenters. The molecule has 1 saturated heterocycles. The second-order valence-electron chi connectivity index (χ2n) is 5.59. The van der Waals surface area contributed by atoms with Crippen LogP contribution in [0, 0.1) is 0 Å². The number of nitrogen functional groups attached to an aromatic ring is 1. The van der Waals surface area contributed by atoms with Crippen LogP contribution < -0.4 is 10.6 Å². The monoisotopic (exact) mass is 298 g/mol. The van der Waals surface area contributed by atoms with E-state index < -0.39 is 0 Å². The smallest absolute Gasteiger partial charge is 0.267 e. The van der Waals surface area contributed by atoms with Gasteiger partial charge in [0, 0.05) is 34.3 Å². The number of hydrogen-bond donors (Lipinski definition) is 1. The Balaban J connectivity index is 2.19. The molecular formula is C13H22N4O2S. The molecule has 7 heteroatoms. The van der Waals surface area contributed by atoms with Crippen LogP contribution in [0.4, 0.5) is 10.9 Å². The van der Waals surface area contributed by atoms with Gasteiger partial charge < -0.3 is 20.3 Å². The lowest BCUT2D eigenvalue weighted by molar-refractivity contribution is -0.0438. The zero-order valence-corrected chi connectivity index (χ0v) is 13.3. The van der Waals surface area contributed by atoms with E-state index >= 15 is 0 Å². The van der Waals surface area contributed by atoms with Crippen LogP contribution in [-0.4, -0.2) is 55.7 Å². The quantitative estimate of drug-likeness (QED) is 0.914. The highest BCUT2D eigenvalue weighted by molar-refractivity contribution is 7.18. The minimum absolute atomic E-state index is 0.0453. The SMILES string of the molecule is COC1(C)CCCN(C(=O)c2sc(N(C)C)nc2N)C1. The topological polar surface area (TPSA) is 71.7 Å². The standard InChI is InChI=1S/C13H22N4O2S/c1-13(19-4)6-5-7-17(8-13)11(18)9-10(14)15-12(20-9)16(2)3/h5-8,14H2,1-4H3. The van der Waals surface area contributed by atoms with Gasteiger partial charge in [-0.05, 0) is 19.8 Å². The first-order valence-corrected chi connectivity index (χ1v) is 7.46. The van der Waals surface area contributed by atoms with Crippen molar-refractivity contribution in [3.63, 3.8) is 0 Å². The summed E-state index contributed by atoms with van der Waals surface area (Å²) in [5.74, 6) is 0.268. The van der Waals surface area contributed by atoms with Gasteiger partial charge in [0.15, 0.2) is 5.13 Å². The molecule has 0 aliphatic carbocycles. The van der Waals surface area contributed by atoms with Gasteiger partial charge in [-0.2, -0.15) is 0 Å². The summed E-state index contributed by atoms with van der Waals surface area (Å²) < 4.78 is 5.52. The third-order valence-electron chi connectivity index (χ3n) is 3.66. The summed E-state index contributed by atoms with van der Waals surface area (Å²) in [5.41, 5.74) is 5.61. The number of nitrogens with zero attached hydrogens (tertiary/aromatic N) is 3. The number of piperidine rings is 1. The zero-order chi connectivity index (χ0) is 14.9. The minimum atomic E-state index is -0.266. The second-order valence-corrected chi connectivity index (χ2v) is 6.57. The number of likely N-dealkylation sites (tertiary alicyclic amines) is 1. The molecule has 0 radical (unpaired) electrons. The van der Waals surface area contributed by atoms with Crippen molar-refractivity contribution in [2.24, 2.45) is 0 Å². The van der Waals surface area contributed by atoms with Crippen LogP contribution in [-0.2, 0) is 4.74 Å². The maximum Gasteiger partial charge on any atom is 0.267 e. The molecule has 20 heavy (non-hydrogen) atoms. The molecule has 6 nitrogen and oxygen atoms in total. The molecule has 2 N–H and O–H groups in total. The van der Waals surface area contributed by atoms with Gasteiger partial charge in [0.2, 0.25) is 0 Å². The summed E-state index contributed by atoms with van der Waals surface area (Å²) in [6.45, 7) is 3.37. The van der Waals surface area contributed by atoms with Crippen molar-refractivity contribution in [1.29, 1.82) is 0 Å². The van der Waals surface area contributed by atoms with Crippen LogP contribution in [0.2, 0.25) is 0 Å². The normalized spacial score (nSPS) is 22.9. The van der Waals surface area contributed by atoms with Crippen molar-refractivity contribution < 1.29 is 9.53 Å². The van der Waals surface area contributed by atoms with Gasteiger partial charge in [0.25, 0.3) is 5.91 Å². The number of ether oxygens (including phenoxy) is 1. The van der Waals surface area contributed by atoms with Crippen molar-refractivity contribution in [3.05, 3.63) is 4.88 Å². The summed E-state index contributed by atoms with van der Waals surface area (Å²) in [6, 6.07) is 0. The number of anilines is 2. The van der Waals surface area contributed by atoms with Crippen LogP contribution in [0.25, 0.3) is 0 Å². The third kappa shape index (κ3) is 2.88. The maximum absolute atomic E-state index is 12.6. The number of methoxy groups -OCH3 is 1. The Morgan fingerprint density at radius 2 is 2.25 bits per heavy atom. The molecule has 1 unspecified atom stereocenters. The van der Waals surface area contributed by atoms with Crippen molar-refractivity contribution in [3.8, 4) is 0 Å². The molecule has 0 aromatic carbocycles. The first-order valence-electron chi connectivity index (χ1n) is 6.64. The fraction of sp³-hybridized carbons (Fsp3) is 0.692. The summed E-state index contributed by atoms with van der Waals surface area (Å²) in [4.78, 5) is 21.0. The van der Waals surface area contributed by atoms with E-state index in [-0.39, 0.29) is 11.5 Å². The first-order chi connectivity index (χ1) is 9.36. The Morgan fingerprint density at radius 3 is 2.80 bits per heavy atom. The number of carbonyl (C=O) groups excluding carboxylic acids is 1. The number of rotatable bonds is 3. The van der Waals surface area contributed by atoms with Crippen molar-refractivity contribution in [2.75, 3.05) is 44.9 Å². The molecule has 1 aromatic heterocycles. The number of nitrogens with two attached hydrogens (primary N) is 1. The molecule has 0 bridgehead atoms. The number of carbonyl (C=O) groups is 1. The highest BCUT2D eigenvalue weighted by atomic mass is 32.1. The Kier molecular flexibility index (Phi) is 4.19. The molecular weight excluding hydrogens is 276 g/mol. The van der Waals surface area contributed by atoms with E-state index in [1.807, 2.05) is 30.8 Å². The van der Waals surface area contributed by atoms with E-state index in [4.69, 9.17) is 10.5 Å². The Bertz CT molecular complexity index is 503. The fourth-order valence-corrected chi connectivity index (χ4v) is 3.23. The molecule has 1 aromatic rings. The lowest BCUT2D eigenvalue weighted by Crippen LogP contribution is -2.49. The lowest BCUT2D eigenvalue weighted by atomic mass is 9.94. The summed E-state index contributed by atoms with van der Waals surface area (Å²) in [5, 5.41) is 0.748. The Morgan fingerprint density at radius 1 is 1.55 bits per heavy atom. The predicted octanol–water partition coefficient (Wildman–Crippen LogP) is 1.43. The van der Waals surface area contributed by atoms with Crippen LogP contribution in [0.3, 0.4) is 0 Å². The summed E-state index contributed by atoms with van der Waals surface area (Å²) in [6.07, 6.45) is 1.91. The molecule has 1 aliphatic rings. The lowest BCUT2D eigenvalue weighted by Gasteiger charge is -2.39. The van der Waals surface area contributed by atoms with Crippen LogP contribution in [0.1, 0.15) is 29.4 Å². The number of amides is 1.